The van der Waals surface area contributed by atoms with Crippen molar-refractivity contribution in [3.05, 3.63) is 12.7 Å². The molecule has 0 radical (unpaired) electrons. The Labute approximate surface area is 92.3 Å². The van der Waals surface area contributed by atoms with Gasteiger partial charge in [0.05, 0.1) is 12.2 Å². The Morgan fingerprint density at radius 2 is 1.93 bits per heavy atom. The molecule has 1 saturated heterocycles. The van der Waals surface area contributed by atoms with Crippen LogP contribution in [-0.4, -0.2) is 23.9 Å². The van der Waals surface area contributed by atoms with Gasteiger partial charge in [-0.15, -0.1) is 6.58 Å². The molecule has 86 valence electrons. The van der Waals surface area contributed by atoms with E-state index < -0.39 is 0 Å². The van der Waals surface area contributed by atoms with Crippen molar-refractivity contribution >= 4 is 0 Å². The summed E-state index contributed by atoms with van der Waals surface area (Å²) in [5, 5.41) is 9.32. The molecule has 2 nitrogen and oxygen atoms in total. The van der Waals surface area contributed by atoms with E-state index in [9.17, 15) is 5.11 Å². The SMILES string of the molecule is C=CC1C(CO)COC12CCCCCC2. The van der Waals surface area contributed by atoms with E-state index in [4.69, 9.17) is 4.74 Å². The van der Waals surface area contributed by atoms with Crippen molar-refractivity contribution in [3.8, 4) is 0 Å². The number of aliphatic hydroxyl groups excluding tert-OH is 1. The highest BCUT2D eigenvalue weighted by Gasteiger charge is 2.47. The molecule has 0 amide bonds. The molecule has 0 bridgehead atoms. The van der Waals surface area contributed by atoms with Crippen LogP contribution in [0, 0.1) is 11.8 Å². The molecule has 1 heterocycles. The molecule has 1 spiro atoms. The van der Waals surface area contributed by atoms with Gasteiger partial charge in [0.15, 0.2) is 0 Å². The molecule has 0 aromatic heterocycles. The lowest BCUT2D eigenvalue weighted by Crippen LogP contribution is -2.36. The van der Waals surface area contributed by atoms with E-state index in [1.54, 1.807) is 0 Å². The smallest absolute Gasteiger partial charge is 0.0749 e. The van der Waals surface area contributed by atoms with E-state index in [0.29, 0.717) is 12.5 Å². The number of ether oxygens (including phenoxy) is 1. The average Bonchev–Trinajstić information content (AvgIpc) is 2.43. The standard InChI is InChI=1S/C13H22O2/c1-2-12-11(9-14)10-15-13(12)7-5-3-4-6-8-13/h2,11-12,14H,1,3-10H2. The Kier molecular flexibility index (Phi) is 3.47. The van der Waals surface area contributed by atoms with Crippen molar-refractivity contribution in [1.29, 1.82) is 0 Å². The molecule has 0 aromatic carbocycles. The van der Waals surface area contributed by atoms with Gasteiger partial charge in [0.2, 0.25) is 0 Å². The van der Waals surface area contributed by atoms with Crippen LogP contribution in [0.2, 0.25) is 0 Å². The number of hydrogen-bond acceptors (Lipinski definition) is 2. The second-order valence-corrected chi connectivity index (χ2v) is 4.99. The van der Waals surface area contributed by atoms with Gasteiger partial charge in [-0.25, -0.2) is 0 Å². The zero-order valence-corrected chi connectivity index (χ0v) is 9.45. The molecule has 2 atom stereocenters. The van der Waals surface area contributed by atoms with Gasteiger partial charge in [-0.2, -0.15) is 0 Å². The Morgan fingerprint density at radius 1 is 1.27 bits per heavy atom. The first-order valence-corrected chi connectivity index (χ1v) is 6.20. The Bertz CT molecular complexity index is 217. The second kappa shape index (κ2) is 4.67. The number of aliphatic hydroxyl groups is 1. The van der Waals surface area contributed by atoms with Gasteiger partial charge in [0.25, 0.3) is 0 Å². The van der Waals surface area contributed by atoms with E-state index in [2.05, 4.69) is 6.58 Å². The van der Waals surface area contributed by atoms with Crippen LogP contribution in [0.1, 0.15) is 38.5 Å². The largest absolute Gasteiger partial charge is 0.396 e. The fraction of sp³-hybridized carbons (Fsp3) is 0.846. The van der Waals surface area contributed by atoms with Crippen LogP contribution in [0.15, 0.2) is 12.7 Å². The minimum Gasteiger partial charge on any atom is -0.396 e. The van der Waals surface area contributed by atoms with Gasteiger partial charge in [-0.05, 0) is 12.8 Å². The first kappa shape index (κ1) is 11.2. The van der Waals surface area contributed by atoms with Crippen LogP contribution in [0.5, 0.6) is 0 Å². The Balaban J connectivity index is 2.14. The van der Waals surface area contributed by atoms with Gasteiger partial charge in [0, 0.05) is 18.4 Å². The summed E-state index contributed by atoms with van der Waals surface area (Å²) in [4.78, 5) is 0. The molecule has 2 heteroatoms. The lowest BCUT2D eigenvalue weighted by Gasteiger charge is -2.33. The summed E-state index contributed by atoms with van der Waals surface area (Å²) < 4.78 is 6.04. The molecule has 0 aromatic rings. The summed E-state index contributed by atoms with van der Waals surface area (Å²) >= 11 is 0. The highest BCUT2D eigenvalue weighted by atomic mass is 16.5. The molecule has 2 rings (SSSR count). The van der Waals surface area contributed by atoms with Crippen LogP contribution in [0.4, 0.5) is 0 Å². The maximum atomic E-state index is 9.32. The molecule has 1 aliphatic carbocycles. The third kappa shape index (κ3) is 1.98. The summed E-state index contributed by atoms with van der Waals surface area (Å²) in [6.07, 6.45) is 9.52. The van der Waals surface area contributed by atoms with E-state index in [1.807, 2.05) is 6.08 Å². The zero-order valence-electron chi connectivity index (χ0n) is 9.45. The van der Waals surface area contributed by atoms with Crippen LogP contribution < -0.4 is 0 Å². The Morgan fingerprint density at radius 3 is 2.47 bits per heavy atom. The summed E-state index contributed by atoms with van der Waals surface area (Å²) in [5.74, 6) is 0.640. The minimum atomic E-state index is 0.0195. The maximum absolute atomic E-state index is 9.32. The van der Waals surface area contributed by atoms with Crippen LogP contribution in [0.3, 0.4) is 0 Å². The highest BCUT2D eigenvalue weighted by molar-refractivity contribution is 5.04. The first-order valence-electron chi connectivity index (χ1n) is 6.20. The van der Waals surface area contributed by atoms with Crippen LogP contribution >= 0.6 is 0 Å². The van der Waals surface area contributed by atoms with Gasteiger partial charge < -0.3 is 9.84 Å². The quantitative estimate of drug-likeness (QED) is 0.710. The summed E-state index contributed by atoms with van der Waals surface area (Å²) in [6, 6.07) is 0. The number of rotatable bonds is 2. The summed E-state index contributed by atoms with van der Waals surface area (Å²) in [6.45, 7) is 4.88. The van der Waals surface area contributed by atoms with E-state index in [-0.39, 0.29) is 18.1 Å². The molecule has 2 fully saturated rings. The normalized spacial score (nSPS) is 35.3. The van der Waals surface area contributed by atoms with E-state index in [1.165, 1.54) is 25.7 Å². The van der Waals surface area contributed by atoms with Crippen molar-refractivity contribution in [1.82, 2.24) is 0 Å². The summed E-state index contributed by atoms with van der Waals surface area (Å²) in [7, 11) is 0. The fourth-order valence-electron chi connectivity index (χ4n) is 3.28. The van der Waals surface area contributed by atoms with Crippen LogP contribution in [0.25, 0.3) is 0 Å². The maximum Gasteiger partial charge on any atom is 0.0749 e. The minimum absolute atomic E-state index is 0.0195. The van der Waals surface area contributed by atoms with Crippen molar-refractivity contribution in [2.24, 2.45) is 11.8 Å². The average molecular weight is 210 g/mol. The molecule has 1 aliphatic heterocycles. The van der Waals surface area contributed by atoms with Crippen molar-refractivity contribution in [3.63, 3.8) is 0 Å². The molecular formula is C13H22O2. The predicted molar refractivity (Wildman–Crippen MR) is 60.6 cm³/mol. The monoisotopic (exact) mass is 210 g/mol. The lowest BCUT2D eigenvalue weighted by atomic mass is 9.77. The fourth-order valence-corrected chi connectivity index (χ4v) is 3.28. The number of hydrogen-bond donors (Lipinski definition) is 1. The third-order valence-corrected chi connectivity index (χ3v) is 4.14. The van der Waals surface area contributed by atoms with Gasteiger partial charge >= 0.3 is 0 Å². The van der Waals surface area contributed by atoms with E-state index >= 15 is 0 Å². The molecular weight excluding hydrogens is 188 g/mol. The zero-order chi connectivity index (χ0) is 10.7. The lowest BCUT2D eigenvalue weighted by molar-refractivity contribution is -0.0239. The van der Waals surface area contributed by atoms with Crippen molar-refractivity contribution in [2.45, 2.75) is 44.1 Å². The Hall–Kier alpha value is -0.340. The van der Waals surface area contributed by atoms with Gasteiger partial charge in [-0.3, -0.25) is 0 Å². The molecule has 1 saturated carbocycles. The molecule has 15 heavy (non-hydrogen) atoms. The third-order valence-electron chi connectivity index (χ3n) is 4.14. The first-order chi connectivity index (χ1) is 7.32. The van der Waals surface area contributed by atoms with Crippen LogP contribution in [-0.2, 0) is 4.74 Å². The van der Waals surface area contributed by atoms with Gasteiger partial charge in [0.1, 0.15) is 0 Å². The van der Waals surface area contributed by atoms with Crippen molar-refractivity contribution < 1.29 is 9.84 Å². The molecule has 2 aliphatic rings. The van der Waals surface area contributed by atoms with Gasteiger partial charge in [-0.1, -0.05) is 31.8 Å². The topological polar surface area (TPSA) is 29.5 Å². The van der Waals surface area contributed by atoms with Crippen molar-refractivity contribution in [2.75, 3.05) is 13.2 Å². The molecule has 2 unspecified atom stereocenters. The summed E-state index contributed by atoms with van der Waals surface area (Å²) in [5.41, 5.74) is 0.0195. The second-order valence-electron chi connectivity index (χ2n) is 4.99. The molecule has 1 N–H and O–H groups in total. The highest BCUT2D eigenvalue weighted by Crippen LogP contribution is 2.45. The predicted octanol–water partition coefficient (Wildman–Crippen LogP) is 2.52. The van der Waals surface area contributed by atoms with E-state index in [0.717, 1.165) is 12.8 Å².